The molecule has 1 aromatic carbocycles. The Hall–Kier alpha value is -0.830. The van der Waals surface area contributed by atoms with E-state index in [0.717, 1.165) is 22.9 Å². The van der Waals surface area contributed by atoms with Gasteiger partial charge in [-0.1, -0.05) is 48.7 Å². The van der Waals surface area contributed by atoms with Gasteiger partial charge >= 0.3 is 0 Å². The first kappa shape index (κ1) is 15.2. The van der Waals surface area contributed by atoms with Gasteiger partial charge in [-0.3, -0.25) is 4.79 Å². The highest BCUT2D eigenvalue weighted by Gasteiger charge is 2.16. The number of aryl methyl sites for hydroxylation is 1. The molecular formula is C15H22BrNO. The van der Waals surface area contributed by atoms with E-state index in [1.54, 1.807) is 0 Å². The molecule has 1 atom stereocenters. The monoisotopic (exact) mass is 311 g/mol. The van der Waals surface area contributed by atoms with Crippen molar-refractivity contribution in [2.75, 3.05) is 0 Å². The van der Waals surface area contributed by atoms with Crippen molar-refractivity contribution in [1.29, 1.82) is 0 Å². The number of hydrogen-bond donors (Lipinski definition) is 1. The molecule has 1 unspecified atom stereocenters. The molecule has 18 heavy (non-hydrogen) atoms. The second kappa shape index (κ2) is 6.93. The van der Waals surface area contributed by atoms with E-state index in [-0.39, 0.29) is 11.9 Å². The second-order valence-electron chi connectivity index (χ2n) is 4.80. The van der Waals surface area contributed by atoms with Crippen LogP contribution in [0.15, 0.2) is 22.7 Å². The number of carbonyl (C=O) groups excluding carboxylic acids is 1. The summed E-state index contributed by atoms with van der Waals surface area (Å²) in [7, 11) is 0. The van der Waals surface area contributed by atoms with Crippen LogP contribution in [0.3, 0.4) is 0 Å². The van der Waals surface area contributed by atoms with Crippen LogP contribution in [0.4, 0.5) is 0 Å². The normalized spacial score (nSPS) is 12.6. The molecule has 0 aliphatic carbocycles. The quantitative estimate of drug-likeness (QED) is 0.862. The number of halogens is 1. The fourth-order valence-corrected chi connectivity index (χ4v) is 2.52. The van der Waals surface area contributed by atoms with E-state index in [1.165, 1.54) is 0 Å². The molecule has 3 heteroatoms. The fourth-order valence-electron chi connectivity index (χ4n) is 2.14. The summed E-state index contributed by atoms with van der Waals surface area (Å²) < 4.78 is 0.977. The highest BCUT2D eigenvalue weighted by atomic mass is 79.9. The Morgan fingerprint density at radius 2 is 1.94 bits per heavy atom. The lowest BCUT2D eigenvalue weighted by Crippen LogP contribution is -2.37. The van der Waals surface area contributed by atoms with Crippen LogP contribution in [-0.4, -0.2) is 11.9 Å². The lowest BCUT2D eigenvalue weighted by Gasteiger charge is -2.22. The SMILES string of the molecule is CCC(CC)C(C)NC(=O)c1ccc(C)c(Br)c1. The van der Waals surface area contributed by atoms with Gasteiger partial charge in [0.2, 0.25) is 0 Å². The number of hydrogen-bond acceptors (Lipinski definition) is 1. The molecule has 0 fully saturated rings. The number of carbonyl (C=O) groups is 1. The third-order valence-electron chi connectivity index (χ3n) is 3.55. The minimum Gasteiger partial charge on any atom is -0.349 e. The van der Waals surface area contributed by atoms with Gasteiger partial charge in [0.15, 0.2) is 0 Å². The molecule has 100 valence electrons. The van der Waals surface area contributed by atoms with E-state index in [2.05, 4.69) is 42.0 Å². The van der Waals surface area contributed by atoms with Crippen LogP contribution in [0.25, 0.3) is 0 Å². The molecule has 0 aromatic heterocycles. The van der Waals surface area contributed by atoms with Crippen LogP contribution in [0, 0.1) is 12.8 Å². The highest BCUT2D eigenvalue weighted by Crippen LogP contribution is 2.18. The largest absolute Gasteiger partial charge is 0.349 e. The second-order valence-corrected chi connectivity index (χ2v) is 5.66. The van der Waals surface area contributed by atoms with Crippen LogP contribution in [0.5, 0.6) is 0 Å². The summed E-state index contributed by atoms with van der Waals surface area (Å²) >= 11 is 3.46. The van der Waals surface area contributed by atoms with Gasteiger partial charge in [0.05, 0.1) is 0 Å². The van der Waals surface area contributed by atoms with Crippen molar-refractivity contribution in [3.63, 3.8) is 0 Å². The topological polar surface area (TPSA) is 29.1 Å². The van der Waals surface area contributed by atoms with E-state index in [4.69, 9.17) is 0 Å². The van der Waals surface area contributed by atoms with E-state index >= 15 is 0 Å². The van der Waals surface area contributed by atoms with Crippen LogP contribution in [0.1, 0.15) is 49.5 Å². The fraction of sp³-hybridized carbons (Fsp3) is 0.533. The van der Waals surface area contributed by atoms with Crippen molar-refractivity contribution in [3.8, 4) is 0 Å². The molecule has 0 bridgehead atoms. The summed E-state index contributed by atoms with van der Waals surface area (Å²) in [6.07, 6.45) is 2.19. The van der Waals surface area contributed by atoms with Crippen molar-refractivity contribution < 1.29 is 4.79 Å². The lowest BCUT2D eigenvalue weighted by atomic mass is 9.95. The Bertz CT molecular complexity index is 413. The van der Waals surface area contributed by atoms with Crippen LogP contribution in [0.2, 0.25) is 0 Å². The molecular weight excluding hydrogens is 290 g/mol. The summed E-state index contributed by atoms with van der Waals surface area (Å²) in [5.41, 5.74) is 1.85. The van der Waals surface area contributed by atoms with E-state index in [0.29, 0.717) is 11.5 Å². The Morgan fingerprint density at radius 3 is 2.44 bits per heavy atom. The van der Waals surface area contributed by atoms with Gasteiger partial charge in [0.25, 0.3) is 5.91 Å². The van der Waals surface area contributed by atoms with Gasteiger partial charge in [0.1, 0.15) is 0 Å². The predicted octanol–water partition coefficient (Wildman–Crippen LogP) is 4.31. The van der Waals surface area contributed by atoms with Crippen LogP contribution < -0.4 is 5.32 Å². The van der Waals surface area contributed by atoms with Crippen molar-refractivity contribution in [2.24, 2.45) is 5.92 Å². The molecule has 0 spiro atoms. The number of nitrogens with one attached hydrogen (secondary N) is 1. The molecule has 2 nitrogen and oxygen atoms in total. The third kappa shape index (κ3) is 3.84. The molecule has 1 aromatic rings. The van der Waals surface area contributed by atoms with Gasteiger partial charge in [-0.2, -0.15) is 0 Å². The Labute approximate surface area is 118 Å². The van der Waals surface area contributed by atoms with Crippen molar-refractivity contribution in [3.05, 3.63) is 33.8 Å². The predicted molar refractivity (Wildman–Crippen MR) is 79.9 cm³/mol. The Balaban J connectivity index is 2.73. The zero-order valence-electron chi connectivity index (χ0n) is 11.6. The molecule has 0 aliphatic heterocycles. The van der Waals surface area contributed by atoms with E-state index in [1.807, 2.05) is 25.1 Å². The molecule has 1 rings (SSSR count). The summed E-state index contributed by atoms with van der Waals surface area (Å²) in [6.45, 7) is 8.43. The van der Waals surface area contributed by atoms with Gasteiger partial charge in [0, 0.05) is 16.1 Å². The maximum atomic E-state index is 12.1. The zero-order chi connectivity index (χ0) is 13.7. The smallest absolute Gasteiger partial charge is 0.251 e. The Kier molecular flexibility index (Phi) is 5.86. The summed E-state index contributed by atoms with van der Waals surface area (Å²) in [5, 5.41) is 3.09. The van der Waals surface area contributed by atoms with Crippen molar-refractivity contribution in [2.45, 2.75) is 46.6 Å². The summed E-state index contributed by atoms with van der Waals surface area (Å²) in [6, 6.07) is 5.92. The minimum absolute atomic E-state index is 0.00935. The average Bonchev–Trinajstić information content (AvgIpc) is 2.34. The van der Waals surface area contributed by atoms with Crippen molar-refractivity contribution in [1.82, 2.24) is 5.32 Å². The first-order valence-electron chi connectivity index (χ1n) is 6.56. The third-order valence-corrected chi connectivity index (χ3v) is 4.40. The van der Waals surface area contributed by atoms with E-state index in [9.17, 15) is 4.79 Å². The number of amides is 1. The molecule has 0 aliphatic rings. The lowest BCUT2D eigenvalue weighted by molar-refractivity contribution is 0.0925. The standard InChI is InChI=1S/C15H22BrNO/c1-5-12(6-2)11(4)17-15(18)13-8-7-10(3)14(16)9-13/h7-9,11-12H,5-6H2,1-4H3,(H,17,18). The van der Waals surface area contributed by atoms with Crippen LogP contribution in [-0.2, 0) is 0 Å². The highest BCUT2D eigenvalue weighted by molar-refractivity contribution is 9.10. The molecule has 0 saturated heterocycles. The summed E-state index contributed by atoms with van der Waals surface area (Å²) in [4.78, 5) is 12.1. The molecule has 0 radical (unpaired) electrons. The average molecular weight is 312 g/mol. The molecule has 0 heterocycles. The minimum atomic E-state index is 0.00935. The van der Waals surface area contributed by atoms with Gasteiger partial charge in [-0.15, -0.1) is 0 Å². The van der Waals surface area contributed by atoms with Crippen molar-refractivity contribution >= 4 is 21.8 Å². The zero-order valence-corrected chi connectivity index (χ0v) is 13.2. The Morgan fingerprint density at radius 1 is 1.33 bits per heavy atom. The first-order chi connectivity index (χ1) is 8.49. The first-order valence-corrected chi connectivity index (χ1v) is 7.35. The maximum Gasteiger partial charge on any atom is 0.251 e. The van der Waals surface area contributed by atoms with E-state index < -0.39 is 0 Å². The summed E-state index contributed by atoms with van der Waals surface area (Å²) in [5.74, 6) is 0.554. The van der Waals surface area contributed by atoms with Gasteiger partial charge < -0.3 is 5.32 Å². The molecule has 1 N–H and O–H groups in total. The van der Waals surface area contributed by atoms with Crippen LogP contribution >= 0.6 is 15.9 Å². The molecule has 0 saturated carbocycles. The van der Waals surface area contributed by atoms with Gasteiger partial charge in [-0.25, -0.2) is 0 Å². The molecule has 1 amide bonds. The van der Waals surface area contributed by atoms with Gasteiger partial charge in [-0.05, 0) is 37.5 Å². The number of rotatable bonds is 5. The number of benzene rings is 1. The maximum absolute atomic E-state index is 12.1.